The highest BCUT2D eigenvalue weighted by Crippen LogP contribution is 2.20. The molecule has 1 aliphatic heterocycles. The van der Waals surface area contributed by atoms with Gasteiger partial charge in [0.1, 0.15) is 6.04 Å². The molecule has 0 bridgehead atoms. The standard InChI is InChI=1S/C20H29N3O4/c1-4-14(2)17(19(25)27-3)22-20(26)21-16-11-7-6-10-15(16)18(24)23-12-8-5-9-13-23/h6-7,10-11,14,17H,4-5,8-9,12-13H2,1-3H3,(H2,21,22,26)/t14-,17-/m1/s1. The van der Waals surface area contributed by atoms with E-state index in [-0.39, 0.29) is 11.8 Å². The Balaban J connectivity index is 2.11. The molecule has 0 spiro atoms. The fourth-order valence-electron chi connectivity index (χ4n) is 3.14. The zero-order valence-electron chi connectivity index (χ0n) is 16.3. The number of urea groups is 1. The largest absolute Gasteiger partial charge is 0.467 e. The van der Waals surface area contributed by atoms with Gasteiger partial charge >= 0.3 is 12.0 Å². The van der Waals surface area contributed by atoms with E-state index in [4.69, 9.17) is 4.74 Å². The highest BCUT2D eigenvalue weighted by atomic mass is 16.5. The minimum Gasteiger partial charge on any atom is -0.467 e. The number of hydrogen-bond donors (Lipinski definition) is 2. The van der Waals surface area contributed by atoms with Crippen molar-refractivity contribution in [2.75, 3.05) is 25.5 Å². The number of benzene rings is 1. The van der Waals surface area contributed by atoms with Crippen molar-refractivity contribution >= 4 is 23.6 Å². The number of ether oxygens (including phenoxy) is 1. The van der Waals surface area contributed by atoms with Crippen LogP contribution in [0.2, 0.25) is 0 Å². The summed E-state index contributed by atoms with van der Waals surface area (Å²) in [5.41, 5.74) is 0.881. The van der Waals surface area contributed by atoms with Crippen molar-refractivity contribution in [3.8, 4) is 0 Å². The van der Waals surface area contributed by atoms with E-state index < -0.39 is 18.0 Å². The van der Waals surface area contributed by atoms with Crippen molar-refractivity contribution in [2.24, 2.45) is 5.92 Å². The minimum absolute atomic E-state index is 0.0755. The highest BCUT2D eigenvalue weighted by molar-refractivity contribution is 6.03. The van der Waals surface area contributed by atoms with Gasteiger partial charge in [-0.1, -0.05) is 32.4 Å². The van der Waals surface area contributed by atoms with E-state index in [0.717, 1.165) is 32.4 Å². The number of piperidine rings is 1. The summed E-state index contributed by atoms with van der Waals surface area (Å²) in [6.45, 7) is 5.28. The number of para-hydroxylation sites is 1. The van der Waals surface area contributed by atoms with Crippen LogP contribution in [0.25, 0.3) is 0 Å². The number of esters is 1. The van der Waals surface area contributed by atoms with Crippen LogP contribution in [0.15, 0.2) is 24.3 Å². The number of carbonyl (C=O) groups excluding carboxylic acids is 3. The van der Waals surface area contributed by atoms with E-state index in [2.05, 4.69) is 10.6 Å². The maximum absolute atomic E-state index is 12.8. The zero-order chi connectivity index (χ0) is 19.8. The first-order valence-corrected chi connectivity index (χ1v) is 9.51. The molecule has 2 N–H and O–H groups in total. The van der Waals surface area contributed by atoms with Gasteiger partial charge in [0.2, 0.25) is 0 Å². The summed E-state index contributed by atoms with van der Waals surface area (Å²) in [5, 5.41) is 5.38. The van der Waals surface area contributed by atoms with E-state index in [0.29, 0.717) is 17.7 Å². The molecule has 7 nitrogen and oxygen atoms in total. The van der Waals surface area contributed by atoms with Crippen LogP contribution < -0.4 is 10.6 Å². The fraction of sp³-hybridized carbons (Fsp3) is 0.550. The normalized spacial score (nSPS) is 16.2. The lowest BCUT2D eigenvalue weighted by atomic mass is 9.99. The molecule has 0 saturated carbocycles. The molecule has 0 aliphatic carbocycles. The van der Waals surface area contributed by atoms with Gasteiger partial charge in [-0.3, -0.25) is 4.79 Å². The summed E-state index contributed by atoms with van der Waals surface area (Å²) in [6, 6.07) is 5.65. The van der Waals surface area contributed by atoms with E-state index in [1.807, 2.05) is 18.7 Å². The van der Waals surface area contributed by atoms with Crippen LogP contribution in [0, 0.1) is 5.92 Å². The first-order valence-electron chi connectivity index (χ1n) is 9.51. The van der Waals surface area contributed by atoms with E-state index in [1.54, 1.807) is 24.3 Å². The average Bonchev–Trinajstić information content (AvgIpc) is 2.71. The lowest BCUT2D eigenvalue weighted by Gasteiger charge is -2.27. The maximum atomic E-state index is 12.8. The van der Waals surface area contributed by atoms with Gasteiger partial charge in [0.25, 0.3) is 5.91 Å². The Bertz CT molecular complexity index is 671. The van der Waals surface area contributed by atoms with Crippen LogP contribution >= 0.6 is 0 Å². The third kappa shape index (κ3) is 5.45. The van der Waals surface area contributed by atoms with Crippen LogP contribution in [-0.2, 0) is 9.53 Å². The Morgan fingerprint density at radius 3 is 2.44 bits per heavy atom. The smallest absolute Gasteiger partial charge is 0.328 e. The predicted molar refractivity (Wildman–Crippen MR) is 104 cm³/mol. The summed E-state index contributed by atoms with van der Waals surface area (Å²) in [5.74, 6) is -0.650. The second-order valence-electron chi connectivity index (χ2n) is 6.88. The Labute approximate surface area is 160 Å². The van der Waals surface area contributed by atoms with Gasteiger partial charge < -0.3 is 20.3 Å². The van der Waals surface area contributed by atoms with Crippen LogP contribution in [0.3, 0.4) is 0 Å². The van der Waals surface area contributed by atoms with Gasteiger partial charge in [0, 0.05) is 13.1 Å². The van der Waals surface area contributed by atoms with Crippen molar-refractivity contribution < 1.29 is 19.1 Å². The van der Waals surface area contributed by atoms with E-state index in [9.17, 15) is 14.4 Å². The number of rotatable bonds is 6. The molecule has 0 aromatic heterocycles. The topological polar surface area (TPSA) is 87.7 Å². The number of nitrogens with one attached hydrogen (secondary N) is 2. The van der Waals surface area contributed by atoms with Crippen LogP contribution in [0.4, 0.5) is 10.5 Å². The second kappa shape index (κ2) is 9.94. The number of amides is 3. The summed E-state index contributed by atoms with van der Waals surface area (Å²) in [7, 11) is 1.30. The molecule has 2 atom stereocenters. The molecule has 1 aliphatic rings. The predicted octanol–water partition coefficient (Wildman–Crippen LogP) is 3.02. The molecule has 2 rings (SSSR count). The van der Waals surface area contributed by atoms with Crippen LogP contribution in [0.5, 0.6) is 0 Å². The number of nitrogens with zero attached hydrogens (tertiary/aromatic N) is 1. The second-order valence-corrected chi connectivity index (χ2v) is 6.88. The molecule has 7 heteroatoms. The van der Waals surface area contributed by atoms with E-state index in [1.165, 1.54) is 7.11 Å². The Morgan fingerprint density at radius 2 is 1.81 bits per heavy atom. The molecule has 1 fully saturated rings. The van der Waals surface area contributed by atoms with Crippen molar-refractivity contribution in [1.29, 1.82) is 0 Å². The van der Waals surface area contributed by atoms with Gasteiger partial charge in [0.05, 0.1) is 18.4 Å². The molecule has 0 unspecified atom stereocenters. The minimum atomic E-state index is -0.745. The SMILES string of the molecule is CC[C@@H](C)[C@@H](NC(=O)Nc1ccccc1C(=O)N1CCCCC1)C(=O)OC. The number of anilines is 1. The number of hydrogen-bond acceptors (Lipinski definition) is 4. The fourth-order valence-corrected chi connectivity index (χ4v) is 3.14. The molecule has 1 saturated heterocycles. The van der Waals surface area contributed by atoms with Crippen molar-refractivity contribution in [3.63, 3.8) is 0 Å². The summed E-state index contributed by atoms with van der Waals surface area (Å²) >= 11 is 0. The van der Waals surface area contributed by atoms with Gasteiger partial charge in [0.15, 0.2) is 0 Å². The molecule has 1 heterocycles. The molecule has 1 aromatic rings. The van der Waals surface area contributed by atoms with Crippen molar-refractivity contribution in [1.82, 2.24) is 10.2 Å². The molecule has 0 radical (unpaired) electrons. The van der Waals surface area contributed by atoms with Gasteiger partial charge in [-0.05, 0) is 37.3 Å². The summed E-state index contributed by atoms with van der Waals surface area (Å²) < 4.78 is 4.79. The van der Waals surface area contributed by atoms with Crippen molar-refractivity contribution in [2.45, 2.75) is 45.6 Å². The summed E-state index contributed by atoms with van der Waals surface area (Å²) in [4.78, 5) is 39.0. The molecule has 27 heavy (non-hydrogen) atoms. The van der Waals surface area contributed by atoms with E-state index >= 15 is 0 Å². The first-order chi connectivity index (χ1) is 13.0. The van der Waals surface area contributed by atoms with Crippen molar-refractivity contribution in [3.05, 3.63) is 29.8 Å². The van der Waals surface area contributed by atoms with Gasteiger partial charge in [-0.2, -0.15) is 0 Å². The summed E-state index contributed by atoms with van der Waals surface area (Å²) in [6.07, 6.45) is 3.84. The zero-order valence-corrected chi connectivity index (χ0v) is 16.3. The molecular weight excluding hydrogens is 346 g/mol. The highest BCUT2D eigenvalue weighted by Gasteiger charge is 2.27. The quantitative estimate of drug-likeness (QED) is 0.748. The Morgan fingerprint density at radius 1 is 1.15 bits per heavy atom. The average molecular weight is 375 g/mol. The third-order valence-corrected chi connectivity index (χ3v) is 5.00. The van der Waals surface area contributed by atoms with Crippen LogP contribution in [-0.4, -0.2) is 49.0 Å². The lowest BCUT2D eigenvalue weighted by molar-refractivity contribution is -0.144. The molecule has 3 amide bonds. The number of likely N-dealkylation sites (tertiary alicyclic amines) is 1. The number of methoxy groups -OCH3 is 1. The van der Waals surface area contributed by atoms with Crippen LogP contribution in [0.1, 0.15) is 49.9 Å². The molecule has 1 aromatic carbocycles. The Kier molecular flexibility index (Phi) is 7.64. The van der Waals surface area contributed by atoms with Gasteiger partial charge in [-0.25, -0.2) is 9.59 Å². The maximum Gasteiger partial charge on any atom is 0.328 e. The first kappa shape index (κ1) is 20.7. The van der Waals surface area contributed by atoms with Gasteiger partial charge in [-0.15, -0.1) is 0 Å². The Hall–Kier alpha value is -2.57. The lowest BCUT2D eigenvalue weighted by Crippen LogP contribution is -2.47. The monoisotopic (exact) mass is 375 g/mol. The number of carbonyl (C=O) groups is 3. The molecule has 148 valence electrons. The third-order valence-electron chi connectivity index (χ3n) is 5.00. The molecular formula is C20H29N3O4.